The van der Waals surface area contributed by atoms with E-state index in [-0.39, 0.29) is 60.9 Å². The highest BCUT2D eigenvalue weighted by molar-refractivity contribution is 5.89. The lowest BCUT2D eigenvalue weighted by molar-refractivity contribution is -0.324. The highest BCUT2D eigenvalue weighted by Gasteiger charge is 2.44. The molecule has 10 heteroatoms. The van der Waals surface area contributed by atoms with E-state index in [1.807, 2.05) is 20.8 Å². The van der Waals surface area contributed by atoms with Crippen molar-refractivity contribution >= 4 is 17.6 Å². The molecule has 3 fully saturated rings. The lowest BCUT2D eigenvalue weighted by Crippen LogP contribution is -2.50. The smallest absolute Gasteiger partial charge is 0.225 e. The van der Waals surface area contributed by atoms with Crippen molar-refractivity contribution in [3.63, 3.8) is 0 Å². The molecule has 3 aliphatic heterocycles. The lowest BCUT2D eigenvalue weighted by Gasteiger charge is -2.48. The Labute approximate surface area is 301 Å². The van der Waals surface area contributed by atoms with Gasteiger partial charge in [-0.3, -0.25) is 14.4 Å². The van der Waals surface area contributed by atoms with Gasteiger partial charge in [-0.2, -0.15) is 0 Å². The van der Waals surface area contributed by atoms with Crippen LogP contribution < -0.4 is 10.6 Å². The van der Waals surface area contributed by atoms with Crippen molar-refractivity contribution in [3.8, 4) is 0 Å². The molecule has 3 heterocycles. The molecule has 10 nitrogen and oxygen atoms in total. The summed E-state index contributed by atoms with van der Waals surface area (Å²) in [5.41, 5.74) is 1.01. The van der Waals surface area contributed by atoms with Crippen LogP contribution in [0.5, 0.6) is 0 Å². The van der Waals surface area contributed by atoms with Gasteiger partial charge < -0.3 is 35.1 Å². The zero-order valence-corrected chi connectivity index (χ0v) is 32.0. The number of amides is 2. The fourth-order valence-corrected chi connectivity index (χ4v) is 7.51. The summed E-state index contributed by atoms with van der Waals surface area (Å²) in [4.78, 5) is 37.6. The van der Waals surface area contributed by atoms with E-state index in [4.69, 9.17) is 14.2 Å². The maximum Gasteiger partial charge on any atom is 0.225 e. The van der Waals surface area contributed by atoms with Crippen molar-refractivity contribution in [3.05, 3.63) is 23.8 Å². The van der Waals surface area contributed by atoms with E-state index < -0.39 is 23.9 Å². The average Bonchev–Trinajstić information content (AvgIpc) is 3.07. The zero-order valence-electron chi connectivity index (χ0n) is 32.0. The van der Waals surface area contributed by atoms with E-state index >= 15 is 0 Å². The Morgan fingerprint density at radius 2 is 1.64 bits per heavy atom. The molecule has 1 unspecified atom stereocenters. The van der Waals surface area contributed by atoms with Crippen molar-refractivity contribution in [1.29, 1.82) is 0 Å². The van der Waals surface area contributed by atoms with Crippen molar-refractivity contribution in [1.82, 2.24) is 10.6 Å². The van der Waals surface area contributed by atoms with Crippen LogP contribution in [0.3, 0.4) is 0 Å². The summed E-state index contributed by atoms with van der Waals surface area (Å²) in [5.74, 6) is -0.680. The molecule has 11 atom stereocenters. The minimum atomic E-state index is -1.02. The van der Waals surface area contributed by atoms with Crippen LogP contribution in [0.1, 0.15) is 132 Å². The highest BCUT2D eigenvalue weighted by atomic mass is 16.7. The number of hydrogen-bond donors (Lipinski definition) is 4. The summed E-state index contributed by atoms with van der Waals surface area (Å²) in [6.07, 6.45) is 14.5. The van der Waals surface area contributed by atoms with Crippen LogP contribution in [-0.2, 0) is 28.6 Å². The zero-order chi connectivity index (χ0) is 36.8. The van der Waals surface area contributed by atoms with Crippen LogP contribution >= 0.6 is 0 Å². The lowest BCUT2D eigenvalue weighted by atomic mass is 9.85. The molecule has 0 bridgehead atoms. The summed E-state index contributed by atoms with van der Waals surface area (Å²) >= 11 is 0. The van der Waals surface area contributed by atoms with Gasteiger partial charge in [-0.1, -0.05) is 39.8 Å². The monoisotopic (exact) mass is 704 g/mol. The summed E-state index contributed by atoms with van der Waals surface area (Å²) < 4.78 is 19.5. The minimum absolute atomic E-state index is 0.0223. The van der Waals surface area contributed by atoms with Gasteiger partial charge in [-0.15, -0.1) is 0 Å². The minimum Gasteiger partial charge on any atom is -0.390 e. The van der Waals surface area contributed by atoms with Crippen molar-refractivity contribution in [2.45, 2.75) is 174 Å². The maximum absolute atomic E-state index is 12.9. The average molecular weight is 705 g/mol. The molecule has 0 aliphatic carbocycles. The fraction of sp³-hybridized carbons (Fsp3) is 0.825. The van der Waals surface area contributed by atoms with Crippen molar-refractivity contribution in [2.24, 2.45) is 23.7 Å². The molecule has 0 saturated carbocycles. The fourth-order valence-electron chi connectivity index (χ4n) is 7.51. The van der Waals surface area contributed by atoms with E-state index in [9.17, 15) is 24.6 Å². The van der Waals surface area contributed by atoms with Crippen LogP contribution in [0.2, 0.25) is 0 Å². The predicted molar refractivity (Wildman–Crippen MR) is 195 cm³/mol. The number of aliphatic hydroxyl groups is 2. The number of aliphatic hydroxyl groups excluding tert-OH is 2. The van der Waals surface area contributed by atoms with Crippen molar-refractivity contribution in [2.75, 3.05) is 13.1 Å². The predicted octanol–water partition coefficient (Wildman–Crippen LogP) is 5.93. The van der Waals surface area contributed by atoms with Gasteiger partial charge in [-0.05, 0) is 108 Å². The Morgan fingerprint density at radius 1 is 0.900 bits per heavy atom. The summed E-state index contributed by atoms with van der Waals surface area (Å²) in [6.45, 7) is 14.2. The molecule has 3 aliphatic rings. The van der Waals surface area contributed by atoms with E-state index in [1.165, 1.54) is 0 Å². The third-order valence-corrected chi connectivity index (χ3v) is 11.2. The second kappa shape index (κ2) is 20.8. The normalized spacial score (nSPS) is 31.6. The number of nitrogens with one attached hydrogen (secondary N) is 2. The summed E-state index contributed by atoms with van der Waals surface area (Å²) in [5, 5.41) is 26.2. The molecule has 286 valence electrons. The highest BCUT2D eigenvalue weighted by Crippen LogP contribution is 2.43. The van der Waals surface area contributed by atoms with Crippen molar-refractivity contribution < 1.29 is 38.8 Å². The van der Waals surface area contributed by atoms with E-state index in [1.54, 1.807) is 26.0 Å². The number of carbonyl (C=O) groups excluding carboxylic acids is 3. The standard InChI is InChI=1S/C40H68N2O8/c1-8-11-32(44)23-34-17-15-27(3)37(48-34)24-38(46)42-25-35(45)30(6)39(47)41-21-10-13-36-28(4)18-20-40(50-36)19-9-12-33(49-40)16-14-26(2)22-29(5)31(7)43/h8,11,22,26-28,30-31,33-37,43,45H,9-10,12-21,23-25H2,1-7H3,(H,41,47)(H,42,46)/b11-8+,29-22+/t26-,27-,28-,30-,31-,33-,34+,35-,36+,37-,40?/m0/s1. The number of ketones is 1. The molecule has 50 heavy (non-hydrogen) atoms. The first kappa shape index (κ1) is 42.3. The Balaban J connectivity index is 1.36. The second-order valence-electron chi connectivity index (χ2n) is 15.7. The van der Waals surface area contributed by atoms with Gasteiger partial charge in [0.1, 0.15) is 0 Å². The number of ether oxygens (including phenoxy) is 3. The van der Waals surface area contributed by atoms with Crippen LogP contribution in [0.4, 0.5) is 0 Å². The Morgan fingerprint density at radius 3 is 2.36 bits per heavy atom. The molecule has 0 aromatic heterocycles. The number of hydrogen-bond acceptors (Lipinski definition) is 8. The molecule has 1 spiro atoms. The molecule has 0 aromatic carbocycles. The van der Waals surface area contributed by atoms with E-state index in [0.29, 0.717) is 24.8 Å². The first-order valence-electron chi connectivity index (χ1n) is 19.5. The van der Waals surface area contributed by atoms with E-state index in [2.05, 4.69) is 30.6 Å². The van der Waals surface area contributed by atoms with Gasteiger partial charge in [0, 0.05) is 32.4 Å². The summed E-state index contributed by atoms with van der Waals surface area (Å²) in [6, 6.07) is 0. The van der Waals surface area contributed by atoms with Crippen LogP contribution in [-0.4, -0.2) is 83.3 Å². The Kier molecular flexibility index (Phi) is 17.6. The van der Waals surface area contributed by atoms with Gasteiger partial charge in [0.2, 0.25) is 11.8 Å². The van der Waals surface area contributed by atoms with Gasteiger partial charge >= 0.3 is 0 Å². The molecule has 2 amide bonds. The molecular formula is C40H68N2O8. The second-order valence-corrected chi connectivity index (χ2v) is 15.7. The third kappa shape index (κ3) is 13.8. The largest absolute Gasteiger partial charge is 0.390 e. The molecule has 4 N–H and O–H groups in total. The Hall–Kier alpha value is -2.11. The summed E-state index contributed by atoms with van der Waals surface area (Å²) in [7, 11) is 0. The molecule has 0 aromatic rings. The van der Waals surface area contributed by atoms with E-state index in [0.717, 1.165) is 76.2 Å². The molecular weight excluding hydrogens is 636 g/mol. The van der Waals surface area contributed by atoms with Gasteiger partial charge in [0.25, 0.3) is 0 Å². The van der Waals surface area contributed by atoms with Gasteiger partial charge in [-0.25, -0.2) is 0 Å². The molecule has 3 rings (SSSR count). The topological polar surface area (TPSA) is 143 Å². The quantitative estimate of drug-likeness (QED) is 0.0782. The first-order valence-corrected chi connectivity index (χ1v) is 19.5. The maximum atomic E-state index is 12.9. The number of allylic oxidation sites excluding steroid dienone is 3. The van der Waals surface area contributed by atoms with Gasteiger partial charge in [0.15, 0.2) is 11.6 Å². The molecule has 0 radical (unpaired) electrons. The third-order valence-electron chi connectivity index (χ3n) is 11.2. The Bertz CT molecular complexity index is 1140. The van der Waals surface area contributed by atoms with Gasteiger partial charge in [0.05, 0.1) is 49.0 Å². The number of carbonyl (C=O) groups is 3. The SMILES string of the molecule is C/C=C/C(=O)C[C@H]1CC[C@H](C)[C@H](CC(=O)NC[C@H](O)[C@H](C)C(=O)NCCC[C@H]2OC3(CCC[C@@H](CC[C@H](C)/C=C(\C)[C@H](C)O)O3)CC[C@@H]2C)O1. The molecule has 3 saturated heterocycles. The van der Waals surface area contributed by atoms with Crippen LogP contribution in [0, 0.1) is 23.7 Å². The van der Waals surface area contributed by atoms with Crippen LogP contribution in [0.25, 0.3) is 0 Å². The van der Waals surface area contributed by atoms with Crippen LogP contribution in [0.15, 0.2) is 23.8 Å². The number of rotatable bonds is 18. The first-order chi connectivity index (χ1) is 23.7.